The Morgan fingerprint density at radius 1 is 1.32 bits per heavy atom. The highest BCUT2D eigenvalue weighted by Gasteiger charge is 2.41. The lowest BCUT2D eigenvalue weighted by Gasteiger charge is -2.26. The first-order valence-corrected chi connectivity index (χ1v) is 8.74. The summed E-state index contributed by atoms with van der Waals surface area (Å²) in [6.45, 7) is 3.49. The van der Waals surface area contributed by atoms with Gasteiger partial charge in [-0.05, 0) is 24.1 Å². The quantitative estimate of drug-likeness (QED) is 0.599. The maximum Gasteiger partial charge on any atom is 0.327 e. The second-order valence-electron chi connectivity index (χ2n) is 5.69. The van der Waals surface area contributed by atoms with E-state index in [4.69, 9.17) is 21.7 Å². The number of methoxy groups -OCH3 is 2. The zero-order valence-corrected chi connectivity index (χ0v) is 15.9. The second kappa shape index (κ2) is 7.88. The molecule has 1 N–H and O–H groups in total. The molecule has 0 spiro atoms. The van der Waals surface area contributed by atoms with Crippen molar-refractivity contribution < 1.29 is 24.2 Å². The maximum atomic E-state index is 12.7. The molecule has 2 rings (SSSR count). The highest BCUT2D eigenvalue weighted by Crippen LogP contribution is 2.37. The summed E-state index contributed by atoms with van der Waals surface area (Å²) in [5.74, 6) is -0.575. The number of carboxylic acid groups (broad SMARTS) is 1. The van der Waals surface area contributed by atoms with Gasteiger partial charge < -0.3 is 14.6 Å². The van der Waals surface area contributed by atoms with Crippen LogP contribution < -0.4 is 9.47 Å². The van der Waals surface area contributed by atoms with Crippen LogP contribution in [0.4, 0.5) is 0 Å². The summed E-state index contributed by atoms with van der Waals surface area (Å²) in [6, 6.07) is 4.24. The van der Waals surface area contributed by atoms with E-state index in [1.165, 1.54) is 12.0 Å². The van der Waals surface area contributed by atoms with Gasteiger partial charge in [-0.1, -0.05) is 37.8 Å². The number of amides is 1. The minimum Gasteiger partial charge on any atom is -0.497 e. The summed E-state index contributed by atoms with van der Waals surface area (Å²) >= 11 is 6.33. The Morgan fingerprint density at radius 2 is 2.00 bits per heavy atom. The molecule has 0 radical (unpaired) electrons. The molecule has 0 saturated carbocycles. The highest BCUT2D eigenvalue weighted by atomic mass is 32.2. The predicted molar refractivity (Wildman–Crippen MR) is 101 cm³/mol. The van der Waals surface area contributed by atoms with Gasteiger partial charge in [0.25, 0.3) is 5.91 Å². The Bertz CT molecular complexity index is 745. The number of carbonyl (C=O) groups excluding carboxylic acids is 1. The largest absolute Gasteiger partial charge is 0.497 e. The zero-order valence-electron chi connectivity index (χ0n) is 14.3. The third-order valence-corrected chi connectivity index (χ3v) is 5.04. The molecule has 1 aromatic rings. The number of aliphatic carboxylic acids is 1. The van der Waals surface area contributed by atoms with Crippen molar-refractivity contribution in [1.82, 2.24) is 4.90 Å². The first-order valence-electron chi connectivity index (χ1n) is 7.52. The van der Waals surface area contributed by atoms with Crippen molar-refractivity contribution >= 4 is 46.3 Å². The van der Waals surface area contributed by atoms with Crippen LogP contribution in [0.25, 0.3) is 6.08 Å². The number of nitrogens with zero attached hydrogens (tertiary/aromatic N) is 1. The zero-order chi connectivity index (χ0) is 18.7. The van der Waals surface area contributed by atoms with Gasteiger partial charge in [0, 0.05) is 11.6 Å². The molecular formula is C17H19NO5S2. The number of rotatable bonds is 6. The van der Waals surface area contributed by atoms with Crippen LogP contribution >= 0.6 is 24.0 Å². The van der Waals surface area contributed by atoms with Gasteiger partial charge in [-0.15, -0.1) is 0 Å². The van der Waals surface area contributed by atoms with Crippen LogP contribution in [0.2, 0.25) is 0 Å². The Balaban J connectivity index is 2.39. The van der Waals surface area contributed by atoms with Crippen LogP contribution in [-0.4, -0.2) is 46.5 Å². The molecule has 1 amide bonds. The SMILES string of the molecule is COc1ccc(/C=C2/SC(=S)N(C(C(=O)O)C(C)C)C2=O)c(OC)c1. The van der Waals surface area contributed by atoms with E-state index in [9.17, 15) is 14.7 Å². The topological polar surface area (TPSA) is 76.1 Å². The Morgan fingerprint density at radius 3 is 2.52 bits per heavy atom. The summed E-state index contributed by atoms with van der Waals surface area (Å²) < 4.78 is 10.7. The molecule has 0 bridgehead atoms. The minimum atomic E-state index is -1.07. The van der Waals surface area contributed by atoms with E-state index in [1.807, 2.05) is 0 Å². The average molecular weight is 381 g/mol. The summed E-state index contributed by atoms with van der Waals surface area (Å²) in [6.07, 6.45) is 1.65. The molecule has 6 nitrogen and oxygen atoms in total. The molecule has 8 heteroatoms. The van der Waals surface area contributed by atoms with Gasteiger partial charge in [0.2, 0.25) is 0 Å². The molecule has 1 heterocycles. The molecule has 1 saturated heterocycles. The fraction of sp³-hybridized carbons (Fsp3) is 0.353. The molecule has 1 fully saturated rings. The third kappa shape index (κ3) is 3.96. The van der Waals surface area contributed by atoms with E-state index < -0.39 is 17.9 Å². The van der Waals surface area contributed by atoms with E-state index in [2.05, 4.69) is 0 Å². The summed E-state index contributed by atoms with van der Waals surface area (Å²) in [5.41, 5.74) is 0.681. The predicted octanol–water partition coefficient (Wildman–Crippen LogP) is 3.01. The third-order valence-electron chi connectivity index (χ3n) is 3.71. The Labute approximate surface area is 155 Å². The number of ether oxygens (including phenoxy) is 2. The number of hydrogen-bond donors (Lipinski definition) is 1. The van der Waals surface area contributed by atoms with E-state index in [-0.39, 0.29) is 10.2 Å². The molecule has 1 unspecified atom stereocenters. The normalized spacial score (nSPS) is 17.3. The maximum absolute atomic E-state index is 12.7. The van der Waals surface area contributed by atoms with Crippen LogP contribution in [0.5, 0.6) is 11.5 Å². The van der Waals surface area contributed by atoms with Gasteiger partial charge in [0.15, 0.2) is 0 Å². The average Bonchev–Trinajstić information content (AvgIpc) is 2.82. The molecule has 0 aliphatic carbocycles. The molecule has 134 valence electrons. The van der Waals surface area contributed by atoms with Crippen LogP contribution in [-0.2, 0) is 9.59 Å². The van der Waals surface area contributed by atoms with Gasteiger partial charge >= 0.3 is 5.97 Å². The number of carbonyl (C=O) groups is 2. The summed E-state index contributed by atoms with van der Waals surface area (Å²) in [4.78, 5) is 25.8. The Hall–Kier alpha value is -2.06. The molecular weight excluding hydrogens is 362 g/mol. The lowest BCUT2D eigenvalue weighted by atomic mass is 10.0. The smallest absolute Gasteiger partial charge is 0.327 e. The second-order valence-corrected chi connectivity index (χ2v) is 7.36. The van der Waals surface area contributed by atoms with Crippen molar-refractivity contribution in [2.24, 2.45) is 5.92 Å². The van der Waals surface area contributed by atoms with Crippen LogP contribution in [0.3, 0.4) is 0 Å². The lowest BCUT2D eigenvalue weighted by Crippen LogP contribution is -2.47. The van der Waals surface area contributed by atoms with Gasteiger partial charge in [-0.25, -0.2) is 4.79 Å². The van der Waals surface area contributed by atoms with Crippen molar-refractivity contribution in [2.75, 3.05) is 14.2 Å². The standard InChI is InChI=1S/C17H19NO5S2/c1-9(2)14(16(20)21)18-15(19)13(25-17(18)24)7-10-5-6-11(22-3)8-12(10)23-4/h5-9,14H,1-4H3,(H,20,21)/b13-7+. The number of thiocarbonyl (C=S) groups is 1. The van der Waals surface area contributed by atoms with E-state index >= 15 is 0 Å². The van der Waals surface area contributed by atoms with Gasteiger partial charge in [-0.2, -0.15) is 0 Å². The number of hydrogen-bond acceptors (Lipinski definition) is 6. The molecule has 1 aromatic carbocycles. The van der Waals surface area contributed by atoms with Crippen molar-refractivity contribution in [3.8, 4) is 11.5 Å². The van der Waals surface area contributed by atoms with E-state index in [0.29, 0.717) is 22.0 Å². The molecule has 1 aliphatic heterocycles. The number of thioether (sulfide) groups is 1. The molecule has 25 heavy (non-hydrogen) atoms. The van der Waals surface area contributed by atoms with Crippen LogP contribution in [0.15, 0.2) is 23.1 Å². The highest BCUT2D eigenvalue weighted by molar-refractivity contribution is 8.26. The van der Waals surface area contributed by atoms with Gasteiger partial charge in [0.1, 0.15) is 21.9 Å². The Kier molecular flexibility index (Phi) is 6.07. The van der Waals surface area contributed by atoms with Gasteiger partial charge in [-0.3, -0.25) is 9.69 Å². The van der Waals surface area contributed by atoms with Crippen molar-refractivity contribution in [3.05, 3.63) is 28.7 Å². The summed E-state index contributed by atoms with van der Waals surface area (Å²) in [7, 11) is 3.08. The van der Waals surface area contributed by atoms with E-state index in [1.54, 1.807) is 45.2 Å². The number of benzene rings is 1. The van der Waals surface area contributed by atoms with E-state index in [0.717, 1.165) is 11.8 Å². The van der Waals surface area contributed by atoms with Crippen molar-refractivity contribution in [1.29, 1.82) is 0 Å². The molecule has 1 aliphatic rings. The first kappa shape index (κ1) is 19.3. The fourth-order valence-electron chi connectivity index (χ4n) is 2.49. The van der Waals surface area contributed by atoms with Gasteiger partial charge in [0.05, 0.1) is 19.1 Å². The molecule has 1 atom stereocenters. The monoisotopic (exact) mass is 381 g/mol. The molecule has 0 aromatic heterocycles. The van der Waals surface area contributed by atoms with Crippen molar-refractivity contribution in [2.45, 2.75) is 19.9 Å². The minimum absolute atomic E-state index is 0.241. The van der Waals surface area contributed by atoms with Crippen LogP contribution in [0.1, 0.15) is 19.4 Å². The number of carboxylic acids is 1. The lowest BCUT2D eigenvalue weighted by molar-refractivity contribution is -0.146. The van der Waals surface area contributed by atoms with Crippen LogP contribution in [0, 0.1) is 5.92 Å². The fourth-order valence-corrected chi connectivity index (χ4v) is 3.81. The van der Waals surface area contributed by atoms with Crippen molar-refractivity contribution in [3.63, 3.8) is 0 Å². The first-order chi connectivity index (χ1) is 11.8. The summed E-state index contributed by atoms with van der Waals surface area (Å²) in [5, 5.41) is 9.44.